The number of carbonyl (C=O) groups excluding carboxylic acids is 1. The van der Waals surface area contributed by atoms with Crippen molar-refractivity contribution in [3.63, 3.8) is 0 Å². The summed E-state index contributed by atoms with van der Waals surface area (Å²) in [6, 6.07) is 10.9. The van der Waals surface area contributed by atoms with Gasteiger partial charge in [-0.05, 0) is 19.4 Å². The van der Waals surface area contributed by atoms with E-state index in [2.05, 4.69) is 16.4 Å². The van der Waals surface area contributed by atoms with Crippen LogP contribution in [0, 0.1) is 18.3 Å². The van der Waals surface area contributed by atoms with Gasteiger partial charge in [0, 0.05) is 11.1 Å². The highest BCUT2D eigenvalue weighted by Gasteiger charge is 2.22. The van der Waals surface area contributed by atoms with Crippen molar-refractivity contribution in [1.29, 1.82) is 5.26 Å². The van der Waals surface area contributed by atoms with Gasteiger partial charge in [-0.25, -0.2) is 4.98 Å². The van der Waals surface area contributed by atoms with E-state index in [-0.39, 0.29) is 11.9 Å². The van der Waals surface area contributed by atoms with Crippen molar-refractivity contribution >= 4 is 17.2 Å². The van der Waals surface area contributed by atoms with E-state index < -0.39 is 5.92 Å². The Morgan fingerprint density at radius 1 is 1.40 bits per heavy atom. The number of nitrogens with one attached hydrogen (secondary N) is 1. The Balaban J connectivity index is 2.09. The highest BCUT2D eigenvalue weighted by Crippen LogP contribution is 2.20. The minimum Gasteiger partial charge on any atom is -0.346 e. The minimum atomic E-state index is -0.792. The van der Waals surface area contributed by atoms with Crippen LogP contribution in [0.25, 0.3) is 0 Å². The Labute approximate surface area is 122 Å². The molecule has 0 saturated heterocycles. The number of rotatable bonds is 4. The van der Waals surface area contributed by atoms with E-state index in [4.69, 9.17) is 0 Å². The molecular formula is C15H15N3OS. The number of aromatic nitrogens is 1. The van der Waals surface area contributed by atoms with Gasteiger partial charge in [0.1, 0.15) is 10.9 Å². The lowest BCUT2D eigenvalue weighted by Gasteiger charge is -2.14. The first kappa shape index (κ1) is 14.2. The van der Waals surface area contributed by atoms with E-state index in [1.807, 2.05) is 37.4 Å². The van der Waals surface area contributed by atoms with Crippen LogP contribution in [-0.2, 0) is 4.79 Å². The summed E-state index contributed by atoms with van der Waals surface area (Å²) in [5, 5.41) is 14.8. The van der Waals surface area contributed by atoms with Crippen LogP contribution >= 0.6 is 11.3 Å². The van der Waals surface area contributed by atoms with E-state index in [9.17, 15) is 10.1 Å². The molecule has 0 aliphatic heterocycles. The molecule has 0 aliphatic rings. The van der Waals surface area contributed by atoms with Gasteiger partial charge >= 0.3 is 0 Å². The summed E-state index contributed by atoms with van der Waals surface area (Å²) in [5.74, 6) is -1.08. The quantitative estimate of drug-likeness (QED) is 0.939. The number of aryl methyl sites for hydroxylation is 1. The number of benzene rings is 1. The van der Waals surface area contributed by atoms with Crippen LogP contribution in [0.15, 0.2) is 35.7 Å². The molecule has 102 valence electrons. The average Bonchev–Trinajstić information content (AvgIpc) is 2.87. The smallest absolute Gasteiger partial charge is 0.242 e. The van der Waals surface area contributed by atoms with Crippen molar-refractivity contribution in [2.45, 2.75) is 25.8 Å². The number of nitriles is 1. The number of hydrogen-bond donors (Lipinski definition) is 1. The second kappa shape index (κ2) is 6.31. The van der Waals surface area contributed by atoms with Crippen LogP contribution in [0.3, 0.4) is 0 Å². The van der Waals surface area contributed by atoms with Crippen molar-refractivity contribution < 1.29 is 4.79 Å². The maximum absolute atomic E-state index is 12.2. The van der Waals surface area contributed by atoms with Crippen LogP contribution in [0.1, 0.15) is 35.1 Å². The van der Waals surface area contributed by atoms with Crippen LogP contribution < -0.4 is 5.32 Å². The van der Waals surface area contributed by atoms with E-state index in [0.717, 1.165) is 10.7 Å². The standard InChI is InChI=1S/C15H15N3OS/c1-10-9-20-15(17-10)11(2)18-14(19)13(8-16)12-6-4-3-5-7-12/h3-7,9,11,13H,1-2H3,(H,18,19). The highest BCUT2D eigenvalue weighted by atomic mass is 32.1. The monoisotopic (exact) mass is 285 g/mol. The van der Waals surface area contributed by atoms with Crippen LogP contribution in [0.5, 0.6) is 0 Å². The van der Waals surface area contributed by atoms with Gasteiger partial charge in [-0.2, -0.15) is 5.26 Å². The number of carbonyl (C=O) groups is 1. The molecule has 1 amide bonds. The molecule has 2 unspecified atom stereocenters. The molecule has 1 aromatic carbocycles. The van der Waals surface area contributed by atoms with Crippen molar-refractivity contribution in [3.05, 3.63) is 52.0 Å². The predicted molar refractivity (Wildman–Crippen MR) is 78.2 cm³/mol. The topological polar surface area (TPSA) is 65.8 Å². The van der Waals surface area contributed by atoms with Gasteiger partial charge in [-0.3, -0.25) is 4.79 Å². The first-order valence-corrected chi connectivity index (χ1v) is 7.16. The zero-order valence-corrected chi connectivity index (χ0v) is 12.1. The largest absolute Gasteiger partial charge is 0.346 e. The molecule has 0 aliphatic carbocycles. The average molecular weight is 285 g/mol. The fourth-order valence-electron chi connectivity index (χ4n) is 1.86. The van der Waals surface area contributed by atoms with E-state index in [0.29, 0.717) is 5.56 Å². The van der Waals surface area contributed by atoms with Crippen molar-refractivity contribution in [2.75, 3.05) is 0 Å². The molecular weight excluding hydrogens is 270 g/mol. The maximum Gasteiger partial charge on any atom is 0.242 e. The lowest BCUT2D eigenvalue weighted by molar-refractivity contribution is -0.122. The van der Waals surface area contributed by atoms with Crippen molar-refractivity contribution in [2.24, 2.45) is 0 Å². The third-order valence-corrected chi connectivity index (χ3v) is 4.04. The van der Waals surface area contributed by atoms with E-state index in [1.165, 1.54) is 11.3 Å². The molecule has 2 aromatic rings. The normalized spacial score (nSPS) is 13.2. The third kappa shape index (κ3) is 3.22. The van der Waals surface area contributed by atoms with Gasteiger partial charge in [0.2, 0.25) is 5.91 Å². The lowest BCUT2D eigenvalue weighted by atomic mass is 9.99. The SMILES string of the molecule is Cc1csc(C(C)NC(=O)C(C#N)c2ccccc2)n1. The molecule has 1 heterocycles. The van der Waals surface area contributed by atoms with Gasteiger partial charge < -0.3 is 5.32 Å². The molecule has 0 saturated carbocycles. The molecule has 0 radical (unpaired) electrons. The first-order valence-electron chi connectivity index (χ1n) is 6.28. The molecule has 1 N–H and O–H groups in total. The Bertz CT molecular complexity index is 630. The zero-order chi connectivity index (χ0) is 14.5. The van der Waals surface area contributed by atoms with Gasteiger partial charge in [0.25, 0.3) is 0 Å². The fraction of sp³-hybridized carbons (Fsp3) is 0.267. The third-order valence-electron chi connectivity index (χ3n) is 2.89. The Morgan fingerprint density at radius 2 is 2.10 bits per heavy atom. The van der Waals surface area contributed by atoms with Gasteiger partial charge in [0.05, 0.1) is 12.1 Å². The van der Waals surface area contributed by atoms with Crippen LogP contribution in [-0.4, -0.2) is 10.9 Å². The minimum absolute atomic E-state index is 0.194. The molecule has 2 rings (SSSR count). The van der Waals surface area contributed by atoms with Crippen molar-refractivity contribution in [1.82, 2.24) is 10.3 Å². The fourth-order valence-corrected chi connectivity index (χ4v) is 2.66. The molecule has 2 atom stereocenters. The Kier molecular flexibility index (Phi) is 4.49. The summed E-state index contributed by atoms with van der Waals surface area (Å²) in [6.45, 7) is 3.78. The summed E-state index contributed by atoms with van der Waals surface area (Å²) in [4.78, 5) is 16.6. The Morgan fingerprint density at radius 3 is 2.65 bits per heavy atom. The van der Waals surface area contributed by atoms with E-state index in [1.54, 1.807) is 12.1 Å². The maximum atomic E-state index is 12.2. The summed E-state index contributed by atoms with van der Waals surface area (Å²) < 4.78 is 0. The number of nitrogens with zero attached hydrogens (tertiary/aromatic N) is 2. The molecule has 0 bridgehead atoms. The molecule has 0 fully saturated rings. The lowest BCUT2D eigenvalue weighted by Crippen LogP contribution is -2.31. The molecule has 4 nitrogen and oxygen atoms in total. The number of hydrogen-bond acceptors (Lipinski definition) is 4. The second-order valence-corrected chi connectivity index (χ2v) is 5.42. The predicted octanol–water partition coefficient (Wildman–Crippen LogP) is 2.94. The Hall–Kier alpha value is -2.19. The number of thiazole rings is 1. The molecule has 5 heteroatoms. The molecule has 1 aromatic heterocycles. The zero-order valence-electron chi connectivity index (χ0n) is 11.3. The summed E-state index contributed by atoms with van der Waals surface area (Å²) in [5.41, 5.74) is 1.64. The molecule has 20 heavy (non-hydrogen) atoms. The van der Waals surface area contributed by atoms with Gasteiger partial charge in [-0.1, -0.05) is 30.3 Å². The number of amides is 1. The highest BCUT2D eigenvalue weighted by molar-refractivity contribution is 7.09. The van der Waals surface area contributed by atoms with Crippen molar-refractivity contribution in [3.8, 4) is 6.07 Å². The van der Waals surface area contributed by atoms with Crippen LogP contribution in [0.2, 0.25) is 0 Å². The summed E-state index contributed by atoms with van der Waals surface area (Å²) in [6.07, 6.45) is 0. The van der Waals surface area contributed by atoms with Crippen LogP contribution in [0.4, 0.5) is 0 Å². The summed E-state index contributed by atoms with van der Waals surface area (Å²) >= 11 is 1.51. The van der Waals surface area contributed by atoms with Gasteiger partial charge in [-0.15, -0.1) is 11.3 Å². The first-order chi connectivity index (χ1) is 9.61. The van der Waals surface area contributed by atoms with Gasteiger partial charge in [0.15, 0.2) is 0 Å². The second-order valence-electron chi connectivity index (χ2n) is 4.53. The molecule has 0 spiro atoms. The van der Waals surface area contributed by atoms with E-state index >= 15 is 0 Å². The summed E-state index contributed by atoms with van der Waals surface area (Å²) in [7, 11) is 0.